The van der Waals surface area contributed by atoms with Gasteiger partial charge in [-0.2, -0.15) is 0 Å². The van der Waals surface area contributed by atoms with Crippen LogP contribution in [0.4, 0.5) is 5.69 Å². The molecule has 0 saturated carbocycles. The number of nitrogen functional groups attached to an aromatic ring is 1. The fourth-order valence-corrected chi connectivity index (χ4v) is 7.59. The van der Waals surface area contributed by atoms with E-state index < -0.39 is 30.2 Å². The number of likely N-dealkylation sites (tertiary alicyclic amines) is 1. The minimum atomic E-state index is -0.743. The summed E-state index contributed by atoms with van der Waals surface area (Å²) in [6.07, 6.45) is 1.93. The molecule has 7 unspecified atom stereocenters. The average molecular weight is 717 g/mol. The molecule has 1 aliphatic heterocycles. The first-order valence-corrected chi connectivity index (χ1v) is 18.7. The summed E-state index contributed by atoms with van der Waals surface area (Å²) in [4.78, 5) is 60.3. The highest BCUT2D eigenvalue weighted by Crippen LogP contribution is 2.29. The number of benzene rings is 1. The maximum Gasteiger partial charge on any atom is 0.245 e. The van der Waals surface area contributed by atoms with E-state index in [0.29, 0.717) is 25.2 Å². The van der Waals surface area contributed by atoms with Gasteiger partial charge in [-0.15, -0.1) is 0 Å². The quantitative estimate of drug-likeness (QED) is 0.174. The van der Waals surface area contributed by atoms with Crippen LogP contribution >= 0.6 is 0 Å². The highest BCUT2D eigenvalue weighted by Gasteiger charge is 2.43. The zero-order chi connectivity index (χ0) is 38.6. The number of rotatable bonds is 20. The lowest BCUT2D eigenvalue weighted by Crippen LogP contribution is -2.59. The van der Waals surface area contributed by atoms with E-state index in [2.05, 4.69) is 24.5 Å². The van der Waals surface area contributed by atoms with Crippen molar-refractivity contribution in [2.75, 3.05) is 54.2 Å². The average Bonchev–Trinajstić information content (AvgIpc) is 3.56. The van der Waals surface area contributed by atoms with Gasteiger partial charge >= 0.3 is 0 Å². The number of nitrogens with one attached hydrogen (secondary N) is 2. The number of methoxy groups -OCH3 is 2. The van der Waals surface area contributed by atoms with Crippen LogP contribution in [0.15, 0.2) is 24.3 Å². The van der Waals surface area contributed by atoms with Gasteiger partial charge in [0.15, 0.2) is 0 Å². The van der Waals surface area contributed by atoms with E-state index in [9.17, 15) is 19.2 Å². The molecule has 0 bridgehead atoms. The third kappa shape index (κ3) is 11.9. The van der Waals surface area contributed by atoms with Gasteiger partial charge in [-0.1, -0.05) is 67.0 Å². The number of likely N-dealkylation sites (N-methyl/N-ethyl adjacent to an activating group) is 2. The Balaban J connectivity index is 2.21. The van der Waals surface area contributed by atoms with Gasteiger partial charge < -0.3 is 35.6 Å². The molecule has 2 rings (SSSR count). The number of nitrogens with two attached hydrogens (primary N) is 1. The van der Waals surface area contributed by atoms with Gasteiger partial charge in [-0.05, 0) is 68.8 Å². The molecule has 12 heteroatoms. The molecule has 1 aromatic carbocycles. The van der Waals surface area contributed by atoms with Crippen LogP contribution in [0.1, 0.15) is 79.7 Å². The molecule has 290 valence electrons. The summed E-state index contributed by atoms with van der Waals surface area (Å²) < 4.78 is 11.9. The molecule has 4 N–H and O–H groups in total. The Hall–Kier alpha value is -3.22. The van der Waals surface area contributed by atoms with Gasteiger partial charge in [0.25, 0.3) is 0 Å². The molecule has 51 heavy (non-hydrogen) atoms. The van der Waals surface area contributed by atoms with E-state index in [1.54, 1.807) is 26.2 Å². The lowest BCUT2D eigenvalue weighted by molar-refractivity contribution is -0.148. The fourth-order valence-electron chi connectivity index (χ4n) is 7.59. The molecule has 0 aliphatic carbocycles. The van der Waals surface area contributed by atoms with Gasteiger partial charge in [0.1, 0.15) is 6.04 Å². The Labute approximate surface area is 307 Å². The van der Waals surface area contributed by atoms with E-state index in [-0.39, 0.29) is 59.9 Å². The standard InChI is InChI=1S/C39H68N6O6/c1-13-26(6)35(44(10)39(49)33(24(2)3)42-38(48)34(25(4)5)43(8)9)31(50-11)23-32(46)45-22-14-15-30(45)36(51-12)27(7)37(47)41-21-20-28-16-18-29(40)19-17-28/h16-19,24-27,30-31,33-36H,13-15,20-23,40H2,1-12H3,(H,41,47)(H,42,48)/t26?,27?,30-,31?,33?,34?,35?,36?/m0/s1. The Morgan fingerprint density at radius 2 is 1.57 bits per heavy atom. The minimum absolute atomic E-state index is 0.00320. The number of hydrogen-bond donors (Lipinski definition) is 3. The van der Waals surface area contributed by atoms with E-state index in [1.807, 2.05) is 82.8 Å². The van der Waals surface area contributed by atoms with Crippen molar-refractivity contribution in [3.63, 3.8) is 0 Å². The first kappa shape index (κ1) is 43.9. The zero-order valence-corrected chi connectivity index (χ0v) is 33.4. The van der Waals surface area contributed by atoms with E-state index >= 15 is 0 Å². The number of anilines is 1. The third-order valence-electron chi connectivity index (χ3n) is 10.6. The van der Waals surface area contributed by atoms with Crippen molar-refractivity contribution in [2.24, 2.45) is 23.7 Å². The molecular formula is C39H68N6O6. The Morgan fingerprint density at radius 3 is 2.08 bits per heavy atom. The number of carbonyl (C=O) groups excluding carboxylic acids is 4. The van der Waals surface area contributed by atoms with Crippen molar-refractivity contribution in [3.05, 3.63) is 29.8 Å². The summed E-state index contributed by atoms with van der Waals surface area (Å²) in [7, 11) is 8.64. The van der Waals surface area contributed by atoms with Crippen LogP contribution in [0, 0.1) is 23.7 Å². The van der Waals surface area contributed by atoms with Gasteiger partial charge in [-0.25, -0.2) is 0 Å². The van der Waals surface area contributed by atoms with Crippen LogP contribution in [0.3, 0.4) is 0 Å². The van der Waals surface area contributed by atoms with E-state index in [0.717, 1.165) is 24.8 Å². The number of carbonyl (C=O) groups is 4. The lowest BCUT2D eigenvalue weighted by atomic mass is 9.89. The lowest BCUT2D eigenvalue weighted by Gasteiger charge is -2.41. The number of nitrogens with zero attached hydrogens (tertiary/aromatic N) is 3. The van der Waals surface area contributed by atoms with Crippen molar-refractivity contribution >= 4 is 29.3 Å². The fraction of sp³-hybridized carbons (Fsp3) is 0.744. The van der Waals surface area contributed by atoms with Crippen LogP contribution < -0.4 is 16.4 Å². The summed E-state index contributed by atoms with van der Waals surface area (Å²) in [5.74, 6) is -1.21. The summed E-state index contributed by atoms with van der Waals surface area (Å²) in [6.45, 7) is 14.8. The topological polar surface area (TPSA) is 147 Å². The first-order chi connectivity index (χ1) is 24.0. The highest BCUT2D eigenvalue weighted by molar-refractivity contribution is 5.90. The van der Waals surface area contributed by atoms with Crippen molar-refractivity contribution in [3.8, 4) is 0 Å². The van der Waals surface area contributed by atoms with Gasteiger partial charge in [0.2, 0.25) is 23.6 Å². The SMILES string of the molecule is CCC(C)C(C(CC(=O)N1CCC[C@H]1C(OC)C(C)C(=O)NCCc1ccc(N)cc1)OC)N(C)C(=O)C(NC(=O)C(C(C)C)N(C)C)C(C)C. The van der Waals surface area contributed by atoms with Crippen LogP contribution in [0.5, 0.6) is 0 Å². The van der Waals surface area contributed by atoms with Crippen LogP contribution in [-0.4, -0.2) is 123 Å². The second kappa shape index (κ2) is 20.7. The molecule has 0 spiro atoms. The van der Waals surface area contributed by atoms with Crippen molar-refractivity contribution in [1.82, 2.24) is 25.3 Å². The molecular weight excluding hydrogens is 648 g/mol. The second-order valence-electron chi connectivity index (χ2n) is 15.3. The molecule has 12 nitrogen and oxygen atoms in total. The first-order valence-electron chi connectivity index (χ1n) is 18.7. The third-order valence-corrected chi connectivity index (χ3v) is 10.6. The smallest absolute Gasteiger partial charge is 0.245 e. The highest BCUT2D eigenvalue weighted by atomic mass is 16.5. The number of hydrogen-bond acceptors (Lipinski definition) is 8. The van der Waals surface area contributed by atoms with Crippen molar-refractivity contribution in [2.45, 2.75) is 117 Å². The Morgan fingerprint density at radius 1 is 0.941 bits per heavy atom. The molecule has 1 heterocycles. The van der Waals surface area contributed by atoms with Gasteiger partial charge in [0.05, 0.1) is 42.7 Å². The molecule has 8 atom stereocenters. The Bertz CT molecular complexity index is 1250. The zero-order valence-electron chi connectivity index (χ0n) is 33.4. The van der Waals surface area contributed by atoms with E-state index in [1.165, 1.54) is 0 Å². The number of amides is 4. The van der Waals surface area contributed by atoms with Gasteiger partial charge in [-0.3, -0.25) is 24.1 Å². The molecule has 4 amide bonds. The molecule has 0 aromatic heterocycles. The van der Waals surface area contributed by atoms with Gasteiger partial charge in [0, 0.05) is 40.0 Å². The van der Waals surface area contributed by atoms with E-state index in [4.69, 9.17) is 15.2 Å². The predicted molar refractivity (Wildman–Crippen MR) is 203 cm³/mol. The molecule has 1 aliphatic rings. The second-order valence-corrected chi connectivity index (χ2v) is 15.3. The maximum absolute atomic E-state index is 14.2. The van der Waals surface area contributed by atoms with Crippen LogP contribution in [0.2, 0.25) is 0 Å². The Kier molecular flexibility index (Phi) is 17.9. The van der Waals surface area contributed by atoms with Crippen molar-refractivity contribution < 1.29 is 28.7 Å². The molecule has 1 saturated heterocycles. The van der Waals surface area contributed by atoms with Crippen LogP contribution in [0.25, 0.3) is 0 Å². The summed E-state index contributed by atoms with van der Waals surface area (Å²) in [5.41, 5.74) is 7.57. The molecule has 1 fully saturated rings. The number of ether oxygens (including phenoxy) is 2. The molecule has 1 aromatic rings. The normalized spacial score (nSPS) is 19.0. The molecule has 0 radical (unpaired) electrons. The predicted octanol–water partition coefficient (Wildman–Crippen LogP) is 3.57. The van der Waals surface area contributed by atoms with Crippen LogP contribution in [-0.2, 0) is 35.1 Å². The minimum Gasteiger partial charge on any atom is -0.399 e. The summed E-state index contributed by atoms with van der Waals surface area (Å²) in [6, 6.07) is 5.77. The summed E-state index contributed by atoms with van der Waals surface area (Å²) >= 11 is 0. The largest absolute Gasteiger partial charge is 0.399 e. The van der Waals surface area contributed by atoms with Crippen molar-refractivity contribution in [1.29, 1.82) is 0 Å². The summed E-state index contributed by atoms with van der Waals surface area (Å²) in [5, 5.41) is 6.07. The monoisotopic (exact) mass is 717 g/mol. The maximum atomic E-state index is 14.2.